The second kappa shape index (κ2) is 3.32. The van der Waals surface area contributed by atoms with Crippen molar-refractivity contribution >= 4 is 21.2 Å². The largest absolute Gasteiger partial charge is 0.386 e. The molecule has 0 unspecified atom stereocenters. The standard InChI is InChI=1S/C9H14O3S2/c1-6-7(9(2,3)10)5-8(13-6)14(4,11)12/h5,10H,1-4H3. The molecule has 5 heteroatoms. The molecule has 1 N–H and O–H groups in total. The number of aliphatic hydroxyl groups is 1. The predicted octanol–water partition coefficient (Wildman–Crippen LogP) is 1.69. The molecule has 1 rings (SSSR count). The van der Waals surface area contributed by atoms with Gasteiger partial charge in [0.05, 0.1) is 5.60 Å². The lowest BCUT2D eigenvalue weighted by Gasteiger charge is -2.16. The molecule has 0 saturated carbocycles. The molecule has 0 spiro atoms. The molecular formula is C9H14O3S2. The first-order valence-corrected chi connectivity index (χ1v) is 6.86. The van der Waals surface area contributed by atoms with E-state index in [-0.39, 0.29) is 0 Å². The molecule has 0 saturated heterocycles. The second-order valence-corrected chi connectivity index (χ2v) is 7.37. The zero-order valence-corrected chi connectivity index (χ0v) is 10.3. The van der Waals surface area contributed by atoms with E-state index in [1.807, 2.05) is 6.92 Å². The highest BCUT2D eigenvalue weighted by atomic mass is 32.2. The smallest absolute Gasteiger partial charge is 0.184 e. The molecule has 1 heterocycles. The fourth-order valence-electron chi connectivity index (χ4n) is 1.24. The fourth-order valence-corrected chi connectivity index (χ4v) is 3.45. The van der Waals surface area contributed by atoms with E-state index in [2.05, 4.69) is 0 Å². The van der Waals surface area contributed by atoms with Gasteiger partial charge in [-0.3, -0.25) is 0 Å². The summed E-state index contributed by atoms with van der Waals surface area (Å²) in [5, 5.41) is 9.76. The predicted molar refractivity (Wildman–Crippen MR) is 57.4 cm³/mol. The van der Waals surface area contributed by atoms with Crippen molar-refractivity contribution in [2.24, 2.45) is 0 Å². The Hall–Kier alpha value is -0.390. The van der Waals surface area contributed by atoms with E-state index in [4.69, 9.17) is 0 Å². The number of hydrogen-bond acceptors (Lipinski definition) is 4. The van der Waals surface area contributed by atoms with Crippen LogP contribution in [0.2, 0.25) is 0 Å². The van der Waals surface area contributed by atoms with Crippen LogP contribution in [0, 0.1) is 6.92 Å². The van der Waals surface area contributed by atoms with Crippen LogP contribution in [0.25, 0.3) is 0 Å². The van der Waals surface area contributed by atoms with Crippen molar-refractivity contribution in [3.63, 3.8) is 0 Å². The average Bonchev–Trinajstić information content (AvgIpc) is 2.27. The summed E-state index contributed by atoms with van der Waals surface area (Å²) in [5.74, 6) is 0. The lowest BCUT2D eigenvalue weighted by Crippen LogP contribution is -2.15. The van der Waals surface area contributed by atoms with Gasteiger partial charge in [0.25, 0.3) is 0 Å². The van der Waals surface area contributed by atoms with Crippen LogP contribution in [-0.4, -0.2) is 19.8 Å². The minimum atomic E-state index is -3.16. The molecule has 1 aromatic heterocycles. The fraction of sp³-hybridized carbons (Fsp3) is 0.556. The Morgan fingerprint density at radius 1 is 1.43 bits per heavy atom. The number of rotatable bonds is 2. The second-order valence-electron chi connectivity index (χ2n) is 3.87. The van der Waals surface area contributed by atoms with Crippen molar-refractivity contribution in [3.8, 4) is 0 Å². The van der Waals surface area contributed by atoms with Crippen molar-refractivity contribution in [3.05, 3.63) is 16.5 Å². The van der Waals surface area contributed by atoms with Crippen molar-refractivity contribution in [1.82, 2.24) is 0 Å². The monoisotopic (exact) mass is 234 g/mol. The van der Waals surface area contributed by atoms with Crippen LogP contribution in [0.1, 0.15) is 24.3 Å². The maximum atomic E-state index is 11.3. The van der Waals surface area contributed by atoms with Gasteiger partial charge in [-0.1, -0.05) is 0 Å². The third kappa shape index (κ3) is 2.34. The van der Waals surface area contributed by atoms with E-state index in [1.165, 1.54) is 17.6 Å². The Morgan fingerprint density at radius 2 is 1.93 bits per heavy atom. The summed E-state index contributed by atoms with van der Waals surface area (Å²) in [6, 6.07) is 1.55. The maximum absolute atomic E-state index is 11.3. The molecule has 0 radical (unpaired) electrons. The molecule has 0 fully saturated rings. The van der Waals surface area contributed by atoms with Gasteiger partial charge >= 0.3 is 0 Å². The van der Waals surface area contributed by atoms with Crippen molar-refractivity contribution < 1.29 is 13.5 Å². The summed E-state index contributed by atoms with van der Waals surface area (Å²) in [7, 11) is -3.16. The summed E-state index contributed by atoms with van der Waals surface area (Å²) < 4.78 is 22.8. The molecule has 1 aromatic rings. The topological polar surface area (TPSA) is 54.4 Å². The quantitative estimate of drug-likeness (QED) is 0.847. The van der Waals surface area contributed by atoms with Crippen molar-refractivity contribution in [1.29, 1.82) is 0 Å². The van der Waals surface area contributed by atoms with Gasteiger partial charge in [0.1, 0.15) is 4.21 Å². The Balaban J connectivity index is 3.33. The van der Waals surface area contributed by atoms with E-state index in [1.54, 1.807) is 19.9 Å². The summed E-state index contributed by atoms with van der Waals surface area (Å²) in [4.78, 5) is 0.845. The number of hydrogen-bond donors (Lipinski definition) is 1. The Bertz CT molecular complexity index is 435. The highest BCUT2D eigenvalue weighted by Gasteiger charge is 2.23. The first-order chi connectivity index (χ1) is 6.12. The first kappa shape index (κ1) is 11.7. The molecule has 0 amide bonds. The molecule has 0 aliphatic carbocycles. The number of aryl methyl sites for hydroxylation is 1. The summed E-state index contributed by atoms with van der Waals surface area (Å²) in [6.07, 6.45) is 1.17. The molecule has 0 aromatic carbocycles. The van der Waals surface area contributed by atoms with Crippen LogP contribution in [0.15, 0.2) is 10.3 Å². The van der Waals surface area contributed by atoms with Crippen LogP contribution in [0.5, 0.6) is 0 Å². The van der Waals surface area contributed by atoms with E-state index in [9.17, 15) is 13.5 Å². The molecule has 14 heavy (non-hydrogen) atoms. The zero-order chi connectivity index (χ0) is 11.1. The minimum absolute atomic E-state index is 0.312. The summed E-state index contributed by atoms with van der Waals surface area (Å²) in [6.45, 7) is 5.11. The van der Waals surface area contributed by atoms with E-state index in [0.29, 0.717) is 9.77 Å². The van der Waals surface area contributed by atoms with Crippen molar-refractivity contribution in [2.45, 2.75) is 30.6 Å². The van der Waals surface area contributed by atoms with Gasteiger partial charge in [-0.2, -0.15) is 0 Å². The van der Waals surface area contributed by atoms with Crippen LogP contribution in [0.3, 0.4) is 0 Å². The third-order valence-corrected chi connectivity index (χ3v) is 4.77. The van der Waals surface area contributed by atoms with Gasteiger partial charge in [-0.25, -0.2) is 8.42 Å². The van der Waals surface area contributed by atoms with Crippen LogP contribution < -0.4 is 0 Å². The molecule has 3 nitrogen and oxygen atoms in total. The molecular weight excluding hydrogens is 220 g/mol. The highest BCUT2D eigenvalue weighted by Crippen LogP contribution is 2.32. The molecule has 0 bridgehead atoms. The highest BCUT2D eigenvalue weighted by molar-refractivity contribution is 7.92. The Morgan fingerprint density at radius 3 is 2.14 bits per heavy atom. The van der Waals surface area contributed by atoms with Gasteiger partial charge in [-0.15, -0.1) is 11.3 Å². The average molecular weight is 234 g/mol. The molecule has 0 atom stereocenters. The maximum Gasteiger partial charge on any atom is 0.184 e. The lowest BCUT2D eigenvalue weighted by atomic mass is 10.00. The first-order valence-electron chi connectivity index (χ1n) is 4.15. The van der Waals surface area contributed by atoms with Crippen molar-refractivity contribution in [2.75, 3.05) is 6.26 Å². The van der Waals surface area contributed by atoms with E-state index < -0.39 is 15.4 Å². The van der Waals surface area contributed by atoms with Crippen LogP contribution in [-0.2, 0) is 15.4 Å². The van der Waals surface area contributed by atoms with E-state index >= 15 is 0 Å². The zero-order valence-electron chi connectivity index (χ0n) is 8.66. The van der Waals surface area contributed by atoms with Gasteiger partial charge in [-0.05, 0) is 32.4 Å². The van der Waals surface area contributed by atoms with Gasteiger partial charge in [0.15, 0.2) is 9.84 Å². The molecule has 80 valence electrons. The molecule has 0 aliphatic rings. The Kier molecular flexibility index (Phi) is 2.77. The van der Waals surface area contributed by atoms with Gasteiger partial charge < -0.3 is 5.11 Å². The minimum Gasteiger partial charge on any atom is -0.386 e. The third-order valence-electron chi connectivity index (χ3n) is 1.92. The number of sulfone groups is 1. The normalized spacial score (nSPS) is 13.2. The summed E-state index contributed by atoms with van der Waals surface area (Å²) >= 11 is 1.20. The Labute approximate surface area is 88.3 Å². The van der Waals surface area contributed by atoms with E-state index in [0.717, 1.165) is 4.88 Å². The molecule has 0 aliphatic heterocycles. The lowest BCUT2D eigenvalue weighted by molar-refractivity contribution is 0.0783. The number of thiophene rings is 1. The van der Waals surface area contributed by atoms with Gasteiger partial charge in [0.2, 0.25) is 0 Å². The van der Waals surface area contributed by atoms with Crippen LogP contribution >= 0.6 is 11.3 Å². The van der Waals surface area contributed by atoms with Crippen LogP contribution in [0.4, 0.5) is 0 Å². The SMILES string of the molecule is Cc1sc(S(C)(=O)=O)cc1C(C)(C)O. The summed E-state index contributed by atoms with van der Waals surface area (Å²) in [5.41, 5.74) is -0.299. The van der Waals surface area contributed by atoms with Gasteiger partial charge in [0, 0.05) is 11.1 Å².